The molecule has 0 saturated heterocycles. The summed E-state index contributed by atoms with van der Waals surface area (Å²) < 4.78 is 0. The first-order valence-corrected chi connectivity index (χ1v) is 8.19. The van der Waals surface area contributed by atoms with Gasteiger partial charge < -0.3 is 10.6 Å². The van der Waals surface area contributed by atoms with Gasteiger partial charge in [0.05, 0.1) is 10.4 Å². The number of thiocarbonyl (C=S) groups is 1. The third-order valence-electron chi connectivity index (χ3n) is 4.39. The van der Waals surface area contributed by atoms with Crippen LogP contribution in [0.15, 0.2) is 30.3 Å². The fraction of sp³-hybridized carbons (Fsp3) is 0.529. The molecular weight excluding hydrogens is 280 g/mol. The Hall–Kier alpha value is -1.42. The molecule has 0 bridgehead atoms. The number of unbranched alkanes of at least 4 members (excludes halogenated alkanes) is 1. The van der Waals surface area contributed by atoms with Crippen LogP contribution in [0.25, 0.3) is 0 Å². The van der Waals surface area contributed by atoms with Crippen LogP contribution in [-0.2, 0) is 4.79 Å². The van der Waals surface area contributed by atoms with Crippen LogP contribution in [0.2, 0.25) is 0 Å². The van der Waals surface area contributed by atoms with Crippen LogP contribution in [0.1, 0.15) is 45.4 Å². The number of nitrogens with zero attached hydrogens (tertiary/aromatic N) is 1. The van der Waals surface area contributed by atoms with E-state index in [9.17, 15) is 4.79 Å². The van der Waals surface area contributed by atoms with Crippen molar-refractivity contribution in [3.8, 4) is 0 Å². The molecule has 114 valence electrons. The number of nitrogens with two attached hydrogens (primary N) is 1. The summed E-state index contributed by atoms with van der Waals surface area (Å²) >= 11 is 5.26. The lowest BCUT2D eigenvalue weighted by Crippen LogP contribution is -2.49. The third kappa shape index (κ3) is 3.26. The second kappa shape index (κ2) is 7.03. The zero-order chi connectivity index (χ0) is 15.3. The second-order valence-electron chi connectivity index (χ2n) is 5.80. The van der Waals surface area contributed by atoms with Crippen molar-refractivity contribution < 1.29 is 4.79 Å². The number of carbonyl (C=O) groups excluding carboxylic acids is 1. The minimum atomic E-state index is -0.626. The largest absolute Gasteiger partial charge is 0.392 e. The van der Waals surface area contributed by atoms with Crippen LogP contribution < -0.4 is 10.6 Å². The fourth-order valence-electron chi connectivity index (χ4n) is 3.07. The molecule has 1 fully saturated rings. The van der Waals surface area contributed by atoms with Gasteiger partial charge >= 0.3 is 0 Å². The van der Waals surface area contributed by atoms with Gasteiger partial charge in [-0.3, -0.25) is 4.79 Å². The number of anilines is 1. The van der Waals surface area contributed by atoms with E-state index in [1.54, 1.807) is 0 Å². The summed E-state index contributed by atoms with van der Waals surface area (Å²) in [6.45, 7) is 2.86. The highest BCUT2D eigenvalue weighted by Gasteiger charge is 2.46. The molecule has 0 aliphatic heterocycles. The number of para-hydroxylation sites is 1. The Kier molecular flexibility index (Phi) is 5.34. The number of hydrogen-bond acceptors (Lipinski definition) is 2. The van der Waals surface area contributed by atoms with Crippen LogP contribution in [0.4, 0.5) is 5.69 Å². The molecule has 4 heteroatoms. The molecule has 1 amide bonds. The van der Waals surface area contributed by atoms with Crippen molar-refractivity contribution >= 4 is 28.8 Å². The molecule has 1 aliphatic rings. The maximum Gasteiger partial charge on any atom is 0.240 e. The highest BCUT2D eigenvalue weighted by atomic mass is 32.1. The number of rotatable bonds is 6. The summed E-state index contributed by atoms with van der Waals surface area (Å²) in [4.78, 5) is 15.4. The number of hydrogen-bond donors (Lipinski definition) is 1. The molecule has 1 aromatic rings. The molecule has 1 aromatic carbocycles. The SMILES string of the molecule is CCCCN(C(=O)C1(C(N)=S)CCCC1)c1ccccc1. The Labute approximate surface area is 132 Å². The van der Waals surface area contributed by atoms with Crippen LogP contribution >= 0.6 is 12.2 Å². The lowest BCUT2D eigenvalue weighted by atomic mass is 9.84. The van der Waals surface area contributed by atoms with Gasteiger partial charge in [-0.2, -0.15) is 0 Å². The molecule has 0 spiro atoms. The predicted molar refractivity (Wildman–Crippen MR) is 91.4 cm³/mol. The molecule has 2 rings (SSSR count). The lowest BCUT2D eigenvalue weighted by molar-refractivity contribution is -0.124. The van der Waals surface area contributed by atoms with Gasteiger partial charge in [-0.25, -0.2) is 0 Å². The molecule has 21 heavy (non-hydrogen) atoms. The van der Waals surface area contributed by atoms with Crippen molar-refractivity contribution in [1.82, 2.24) is 0 Å². The highest BCUT2D eigenvalue weighted by molar-refractivity contribution is 7.80. The predicted octanol–water partition coefficient (Wildman–Crippen LogP) is 3.67. The fourth-order valence-corrected chi connectivity index (χ4v) is 3.37. The maximum atomic E-state index is 13.2. The van der Waals surface area contributed by atoms with Gasteiger partial charge in [0.2, 0.25) is 5.91 Å². The molecule has 2 N–H and O–H groups in total. The molecular formula is C17H24N2OS. The topological polar surface area (TPSA) is 46.3 Å². The molecule has 1 saturated carbocycles. The van der Waals surface area contributed by atoms with E-state index >= 15 is 0 Å². The van der Waals surface area contributed by atoms with Gasteiger partial charge in [0.25, 0.3) is 0 Å². The average Bonchev–Trinajstić information content (AvgIpc) is 2.99. The van der Waals surface area contributed by atoms with Crippen molar-refractivity contribution in [1.29, 1.82) is 0 Å². The second-order valence-corrected chi connectivity index (χ2v) is 6.24. The molecule has 3 nitrogen and oxygen atoms in total. The maximum absolute atomic E-state index is 13.2. The Balaban J connectivity index is 2.31. The van der Waals surface area contributed by atoms with Gasteiger partial charge in [-0.15, -0.1) is 0 Å². The Bertz CT molecular complexity index is 495. The number of amides is 1. The highest BCUT2D eigenvalue weighted by Crippen LogP contribution is 2.41. The molecule has 0 unspecified atom stereocenters. The van der Waals surface area contributed by atoms with E-state index < -0.39 is 5.41 Å². The summed E-state index contributed by atoms with van der Waals surface area (Å²) in [6.07, 6.45) is 5.66. The van der Waals surface area contributed by atoms with Crippen LogP contribution in [0.3, 0.4) is 0 Å². The molecule has 1 aliphatic carbocycles. The van der Waals surface area contributed by atoms with E-state index in [4.69, 9.17) is 18.0 Å². The number of benzene rings is 1. The van der Waals surface area contributed by atoms with E-state index in [-0.39, 0.29) is 5.91 Å². The van der Waals surface area contributed by atoms with E-state index in [0.29, 0.717) is 4.99 Å². The first-order chi connectivity index (χ1) is 10.1. The first kappa shape index (κ1) is 16.0. The van der Waals surface area contributed by atoms with Crippen molar-refractivity contribution in [2.24, 2.45) is 11.1 Å². The first-order valence-electron chi connectivity index (χ1n) is 7.79. The van der Waals surface area contributed by atoms with E-state index in [1.807, 2.05) is 35.2 Å². The standard InChI is InChI=1S/C17H24N2OS/c1-2-3-13-19(14-9-5-4-6-10-14)16(20)17(15(18)21)11-7-8-12-17/h4-6,9-10H,2-3,7-8,11-13H2,1H3,(H2,18,21). The van der Waals surface area contributed by atoms with E-state index in [1.165, 1.54) is 0 Å². The van der Waals surface area contributed by atoms with Crippen molar-refractivity contribution in [2.75, 3.05) is 11.4 Å². The van der Waals surface area contributed by atoms with Gasteiger partial charge in [-0.05, 0) is 31.4 Å². The van der Waals surface area contributed by atoms with Crippen LogP contribution in [0.5, 0.6) is 0 Å². The Morgan fingerprint density at radius 2 is 1.90 bits per heavy atom. The minimum Gasteiger partial charge on any atom is -0.392 e. The van der Waals surface area contributed by atoms with Crippen molar-refractivity contribution in [2.45, 2.75) is 45.4 Å². The van der Waals surface area contributed by atoms with Crippen molar-refractivity contribution in [3.63, 3.8) is 0 Å². The normalized spacial score (nSPS) is 16.6. The smallest absolute Gasteiger partial charge is 0.240 e. The molecule has 0 heterocycles. The van der Waals surface area contributed by atoms with Gasteiger partial charge in [-0.1, -0.05) is 56.6 Å². The molecule has 0 radical (unpaired) electrons. The van der Waals surface area contributed by atoms with E-state index in [2.05, 4.69) is 6.92 Å². The molecule has 0 atom stereocenters. The van der Waals surface area contributed by atoms with Gasteiger partial charge in [0.15, 0.2) is 0 Å². The third-order valence-corrected chi connectivity index (χ3v) is 4.78. The summed E-state index contributed by atoms with van der Waals surface area (Å²) in [6, 6.07) is 9.85. The minimum absolute atomic E-state index is 0.0900. The van der Waals surface area contributed by atoms with E-state index in [0.717, 1.165) is 50.8 Å². The Morgan fingerprint density at radius 1 is 1.29 bits per heavy atom. The summed E-state index contributed by atoms with van der Waals surface area (Å²) in [5, 5.41) is 0. The summed E-state index contributed by atoms with van der Waals surface area (Å²) in [7, 11) is 0. The Morgan fingerprint density at radius 3 is 2.43 bits per heavy atom. The van der Waals surface area contributed by atoms with Crippen LogP contribution in [-0.4, -0.2) is 17.4 Å². The number of carbonyl (C=O) groups is 1. The monoisotopic (exact) mass is 304 g/mol. The molecule has 0 aromatic heterocycles. The van der Waals surface area contributed by atoms with Gasteiger partial charge in [0.1, 0.15) is 0 Å². The quantitative estimate of drug-likeness (QED) is 0.816. The summed E-state index contributed by atoms with van der Waals surface area (Å²) in [5.41, 5.74) is 6.28. The van der Waals surface area contributed by atoms with Gasteiger partial charge in [0, 0.05) is 12.2 Å². The average molecular weight is 304 g/mol. The zero-order valence-corrected chi connectivity index (χ0v) is 13.5. The zero-order valence-electron chi connectivity index (χ0n) is 12.7. The van der Waals surface area contributed by atoms with Crippen LogP contribution in [0, 0.1) is 5.41 Å². The lowest BCUT2D eigenvalue weighted by Gasteiger charge is -2.33. The summed E-state index contributed by atoms with van der Waals surface area (Å²) in [5.74, 6) is 0.0900. The van der Waals surface area contributed by atoms with Crippen molar-refractivity contribution in [3.05, 3.63) is 30.3 Å².